The first-order chi connectivity index (χ1) is 20.4. The van der Waals surface area contributed by atoms with Crippen LogP contribution in [0.2, 0.25) is 0 Å². The second kappa shape index (κ2) is 14.3. The molecule has 2 aromatic carbocycles. The van der Waals surface area contributed by atoms with Crippen LogP contribution in [0.25, 0.3) is 11.5 Å². The Labute approximate surface area is 250 Å². The van der Waals surface area contributed by atoms with E-state index in [1.165, 1.54) is 0 Å². The number of hydrogen-bond donors (Lipinski definition) is 0. The summed E-state index contributed by atoms with van der Waals surface area (Å²) < 4.78 is 55.2. The van der Waals surface area contributed by atoms with Crippen LogP contribution in [0.15, 0.2) is 59.0 Å². The molecule has 10 heteroatoms. The van der Waals surface area contributed by atoms with Crippen molar-refractivity contribution < 1.29 is 36.7 Å². The molecule has 232 valence electrons. The van der Waals surface area contributed by atoms with Crippen LogP contribution < -0.4 is 0 Å². The summed E-state index contributed by atoms with van der Waals surface area (Å²) in [7, 11) is 0. The molecule has 0 bridgehead atoms. The number of ether oxygens (including phenoxy) is 2. The molecule has 0 amide bonds. The summed E-state index contributed by atoms with van der Waals surface area (Å²) in [5.41, 5.74) is 3.68. The van der Waals surface area contributed by atoms with Gasteiger partial charge in [-0.15, -0.1) is 0 Å². The van der Waals surface area contributed by atoms with Crippen molar-refractivity contribution in [1.82, 2.24) is 9.88 Å². The molecule has 4 rings (SSSR count). The third kappa shape index (κ3) is 9.00. The number of esters is 2. The number of aryl methyl sites for hydroxylation is 2. The van der Waals surface area contributed by atoms with Gasteiger partial charge >= 0.3 is 18.1 Å². The van der Waals surface area contributed by atoms with Gasteiger partial charge in [0, 0.05) is 18.7 Å². The lowest BCUT2D eigenvalue weighted by Gasteiger charge is -2.37. The fourth-order valence-electron chi connectivity index (χ4n) is 5.62. The minimum atomic E-state index is -5.25. The van der Waals surface area contributed by atoms with Crippen molar-refractivity contribution in [3.8, 4) is 11.5 Å². The lowest BCUT2D eigenvalue weighted by Crippen LogP contribution is -2.49. The average Bonchev–Trinajstić information content (AvgIpc) is 3.32. The third-order valence-corrected chi connectivity index (χ3v) is 7.79. The second-order valence-corrected chi connectivity index (χ2v) is 11.7. The predicted octanol–water partition coefficient (Wildman–Crippen LogP) is 7.19. The van der Waals surface area contributed by atoms with Gasteiger partial charge in [-0.25, -0.2) is 14.6 Å². The topological polar surface area (TPSA) is 81.9 Å². The molecular formula is C33H39F3N2O5. The van der Waals surface area contributed by atoms with Gasteiger partial charge in [0.25, 0.3) is 0 Å². The summed E-state index contributed by atoms with van der Waals surface area (Å²) in [6, 6.07) is 16.3. The number of halogens is 3. The van der Waals surface area contributed by atoms with Crippen molar-refractivity contribution in [2.24, 2.45) is 11.8 Å². The molecule has 1 aliphatic rings. The van der Waals surface area contributed by atoms with E-state index in [9.17, 15) is 22.8 Å². The number of alkyl halides is 3. The Morgan fingerprint density at radius 3 is 2.40 bits per heavy atom. The van der Waals surface area contributed by atoms with Gasteiger partial charge in [0.2, 0.25) is 5.89 Å². The number of carbonyl (C=O) groups is 2. The fraction of sp³-hybridized carbons (Fsp3) is 0.485. The molecule has 2 unspecified atom stereocenters. The van der Waals surface area contributed by atoms with Gasteiger partial charge in [-0.3, -0.25) is 4.90 Å². The van der Waals surface area contributed by atoms with Crippen LogP contribution >= 0.6 is 0 Å². The summed E-state index contributed by atoms with van der Waals surface area (Å²) in [5.74, 6) is -2.72. The molecule has 1 heterocycles. The van der Waals surface area contributed by atoms with Crippen LogP contribution in [0.1, 0.15) is 62.1 Å². The summed E-state index contributed by atoms with van der Waals surface area (Å²) in [4.78, 5) is 31.0. The van der Waals surface area contributed by atoms with Crippen molar-refractivity contribution in [2.75, 3.05) is 6.54 Å². The number of carbonyl (C=O) groups excluding carboxylic acids is 2. The number of nitrogens with zero attached hydrogens (tertiary/aromatic N) is 2. The van der Waals surface area contributed by atoms with Gasteiger partial charge in [0.15, 0.2) is 0 Å². The van der Waals surface area contributed by atoms with Crippen LogP contribution in [0.5, 0.6) is 0 Å². The smallest absolute Gasteiger partial charge is 0.441 e. The number of aromatic nitrogens is 1. The van der Waals surface area contributed by atoms with Gasteiger partial charge in [-0.05, 0) is 62.6 Å². The fourth-order valence-corrected chi connectivity index (χ4v) is 5.62. The molecule has 3 atom stereocenters. The van der Waals surface area contributed by atoms with Crippen molar-refractivity contribution in [3.63, 3.8) is 0 Å². The van der Waals surface area contributed by atoms with Gasteiger partial charge < -0.3 is 13.9 Å². The van der Waals surface area contributed by atoms with Crippen molar-refractivity contribution in [1.29, 1.82) is 0 Å². The molecule has 0 saturated heterocycles. The summed E-state index contributed by atoms with van der Waals surface area (Å²) in [6.45, 7) is 8.41. The molecule has 43 heavy (non-hydrogen) atoms. The molecule has 0 spiro atoms. The first-order valence-corrected chi connectivity index (χ1v) is 14.7. The molecule has 1 aromatic heterocycles. The van der Waals surface area contributed by atoms with Crippen molar-refractivity contribution in [2.45, 2.75) is 84.9 Å². The zero-order valence-corrected chi connectivity index (χ0v) is 25.0. The number of rotatable bonds is 11. The second-order valence-electron chi connectivity index (χ2n) is 11.7. The predicted molar refractivity (Wildman–Crippen MR) is 155 cm³/mol. The number of oxazole rings is 1. The van der Waals surface area contributed by atoms with E-state index >= 15 is 0 Å². The van der Waals surface area contributed by atoms with E-state index in [0.29, 0.717) is 37.8 Å². The highest BCUT2D eigenvalue weighted by Crippen LogP contribution is 2.31. The Hall–Kier alpha value is -3.50. The maximum atomic E-state index is 13.0. The highest BCUT2D eigenvalue weighted by atomic mass is 19.4. The van der Waals surface area contributed by atoms with Crippen LogP contribution in [-0.2, 0) is 32.2 Å². The van der Waals surface area contributed by atoms with Gasteiger partial charge in [0.05, 0.1) is 12.7 Å². The standard InChI is InChI=1S/C33H39F3N2O5/c1-21(2)29(31(39)43-32(40)33(34,35)36)38(18-24-9-6-5-7-10-24)19-25-11-8-12-27(17-25)41-20-28-23(4)42-30(37-28)26-15-13-22(3)14-16-26/h5-7,9-10,13-16,21,25,27,29H,8,11-12,17-20H2,1-4H3/t25?,27?,29-/m0/s1. The Kier molecular flexibility index (Phi) is 10.8. The van der Waals surface area contributed by atoms with E-state index in [1.807, 2.05) is 73.3 Å². The van der Waals surface area contributed by atoms with Gasteiger partial charge in [0.1, 0.15) is 17.5 Å². The summed E-state index contributed by atoms with van der Waals surface area (Å²) in [5, 5.41) is 0. The lowest BCUT2D eigenvalue weighted by molar-refractivity contribution is -0.204. The van der Waals surface area contributed by atoms with E-state index in [2.05, 4.69) is 9.72 Å². The third-order valence-electron chi connectivity index (χ3n) is 7.79. The molecule has 3 aromatic rings. The highest BCUT2D eigenvalue weighted by Gasteiger charge is 2.44. The van der Waals surface area contributed by atoms with Crippen LogP contribution in [0.4, 0.5) is 13.2 Å². The zero-order valence-electron chi connectivity index (χ0n) is 25.0. The molecule has 7 nitrogen and oxygen atoms in total. The first kappa shape index (κ1) is 32.4. The Balaban J connectivity index is 1.44. The Morgan fingerprint density at radius 1 is 1.05 bits per heavy atom. The summed E-state index contributed by atoms with van der Waals surface area (Å²) >= 11 is 0. The average molecular weight is 601 g/mol. The van der Waals surface area contributed by atoms with Crippen LogP contribution in [-0.4, -0.2) is 46.7 Å². The minimum Gasteiger partial charge on any atom is -0.441 e. The Bertz CT molecular complexity index is 1360. The van der Waals surface area contributed by atoms with Crippen LogP contribution in [0, 0.1) is 25.7 Å². The Morgan fingerprint density at radius 2 is 1.74 bits per heavy atom. The molecule has 0 radical (unpaired) electrons. The first-order valence-electron chi connectivity index (χ1n) is 14.7. The highest BCUT2D eigenvalue weighted by molar-refractivity contribution is 5.91. The molecule has 1 fully saturated rings. The quantitative estimate of drug-likeness (QED) is 0.170. The minimum absolute atomic E-state index is 0.0486. The normalized spacial score (nSPS) is 18.2. The van der Waals surface area contributed by atoms with E-state index in [1.54, 1.807) is 13.8 Å². The summed E-state index contributed by atoms with van der Waals surface area (Å²) in [6.07, 6.45) is -1.93. The maximum Gasteiger partial charge on any atom is 0.491 e. The van der Waals surface area contributed by atoms with Crippen molar-refractivity contribution >= 4 is 11.9 Å². The van der Waals surface area contributed by atoms with E-state index in [-0.39, 0.29) is 12.0 Å². The molecule has 1 aliphatic carbocycles. The van der Waals surface area contributed by atoms with E-state index in [4.69, 9.17) is 9.15 Å². The van der Waals surface area contributed by atoms with E-state index in [0.717, 1.165) is 41.6 Å². The molecule has 1 saturated carbocycles. The number of benzene rings is 2. The van der Waals surface area contributed by atoms with Crippen molar-refractivity contribution in [3.05, 3.63) is 77.2 Å². The molecule has 0 N–H and O–H groups in total. The maximum absolute atomic E-state index is 13.0. The van der Waals surface area contributed by atoms with Crippen LogP contribution in [0.3, 0.4) is 0 Å². The molecule has 0 aliphatic heterocycles. The lowest BCUT2D eigenvalue weighted by atomic mass is 9.86. The monoisotopic (exact) mass is 600 g/mol. The molecular weight excluding hydrogens is 561 g/mol. The number of hydrogen-bond acceptors (Lipinski definition) is 7. The zero-order chi connectivity index (χ0) is 31.1. The SMILES string of the molecule is Cc1ccc(-c2nc(COC3CCCC(CN(Cc4ccccc4)[C@H](C(=O)OC(=O)C(F)(F)F)C(C)C)C3)c(C)o2)cc1. The van der Waals surface area contributed by atoms with Gasteiger partial charge in [-0.1, -0.05) is 68.3 Å². The largest absolute Gasteiger partial charge is 0.491 e. The van der Waals surface area contributed by atoms with Gasteiger partial charge in [-0.2, -0.15) is 13.2 Å². The van der Waals surface area contributed by atoms with E-state index < -0.39 is 30.1 Å².